The number of nitrogens with one attached hydrogen (secondary N) is 1. The van der Waals surface area contributed by atoms with Crippen molar-refractivity contribution in [2.45, 2.75) is 51.1 Å². The number of carbonyl (C=O) groups is 1. The molecule has 1 aliphatic carbocycles. The number of halogens is 3. The topological polar surface area (TPSA) is 82.6 Å². The molecular weight excluding hydrogens is 355 g/mol. The van der Waals surface area contributed by atoms with E-state index in [4.69, 9.17) is 14.2 Å². The van der Waals surface area contributed by atoms with Crippen molar-refractivity contribution in [2.24, 2.45) is 0 Å². The molecule has 1 aromatic rings. The number of aryl methyl sites for hydroxylation is 1. The van der Waals surface area contributed by atoms with Gasteiger partial charge in [-0.15, -0.1) is 0 Å². The molecule has 10 heteroatoms. The Morgan fingerprint density at radius 3 is 2.50 bits per heavy atom. The van der Waals surface area contributed by atoms with E-state index >= 15 is 0 Å². The molecule has 1 amide bonds. The first-order chi connectivity index (χ1) is 12.4. The van der Waals surface area contributed by atoms with Crippen LogP contribution in [-0.4, -0.2) is 47.7 Å². The van der Waals surface area contributed by atoms with Crippen molar-refractivity contribution in [1.29, 1.82) is 0 Å². The van der Waals surface area contributed by atoms with Crippen LogP contribution in [0.5, 0.6) is 5.88 Å². The van der Waals surface area contributed by atoms with Gasteiger partial charge < -0.3 is 19.5 Å². The average Bonchev–Trinajstić information content (AvgIpc) is 3.18. The number of amides is 1. The molecule has 2 aliphatic rings. The van der Waals surface area contributed by atoms with Gasteiger partial charge in [-0.1, -0.05) is 0 Å². The number of hydrogen-bond acceptors (Lipinski definition) is 6. The molecule has 2 heterocycles. The van der Waals surface area contributed by atoms with Crippen molar-refractivity contribution < 1.29 is 32.2 Å². The number of carbonyl (C=O) groups excluding carboxylic acids is 1. The predicted molar refractivity (Wildman–Crippen MR) is 82.5 cm³/mol. The Labute approximate surface area is 148 Å². The maximum Gasteiger partial charge on any atom is 0.261 e. The smallest absolute Gasteiger partial charge is 0.261 e. The molecule has 1 unspecified atom stereocenters. The van der Waals surface area contributed by atoms with E-state index in [2.05, 4.69) is 15.3 Å². The van der Waals surface area contributed by atoms with Gasteiger partial charge in [0.1, 0.15) is 17.1 Å². The van der Waals surface area contributed by atoms with Crippen LogP contribution < -0.4 is 10.1 Å². The average molecular weight is 375 g/mol. The summed E-state index contributed by atoms with van der Waals surface area (Å²) >= 11 is 0. The van der Waals surface area contributed by atoms with Crippen molar-refractivity contribution in [3.8, 4) is 5.88 Å². The number of nitrogens with zero attached hydrogens (tertiary/aromatic N) is 2. The van der Waals surface area contributed by atoms with Gasteiger partial charge in [0.2, 0.25) is 12.1 Å². The molecule has 3 rings (SSSR count). The summed E-state index contributed by atoms with van der Waals surface area (Å²) < 4.78 is 57.2. The fourth-order valence-electron chi connectivity index (χ4n) is 2.73. The first-order valence-corrected chi connectivity index (χ1v) is 8.36. The highest BCUT2D eigenvalue weighted by Gasteiger charge is 2.53. The SMILES string of the molecule is CCOc1nc(C)nc(C(F)C(=O)NC2(C(F)F)CC2)c1C1OCCO1. The highest BCUT2D eigenvalue weighted by Crippen LogP contribution is 2.42. The van der Waals surface area contributed by atoms with Crippen molar-refractivity contribution >= 4 is 5.91 Å². The quantitative estimate of drug-likeness (QED) is 0.786. The Kier molecular flexibility index (Phi) is 5.33. The van der Waals surface area contributed by atoms with E-state index in [1.54, 1.807) is 6.92 Å². The monoisotopic (exact) mass is 375 g/mol. The van der Waals surface area contributed by atoms with Gasteiger partial charge in [0, 0.05) is 0 Å². The lowest BCUT2D eigenvalue weighted by Crippen LogP contribution is -2.44. The summed E-state index contributed by atoms with van der Waals surface area (Å²) in [6.45, 7) is 4.03. The van der Waals surface area contributed by atoms with E-state index in [-0.39, 0.29) is 55.6 Å². The summed E-state index contributed by atoms with van der Waals surface area (Å²) in [5.74, 6) is -0.953. The second kappa shape index (κ2) is 7.36. The van der Waals surface area contributed by atoms with Gasteiger partial charge in [0.25, 0.3) is 12.3 Å². The molecule has 7 nitrogen and oxygen atoms in total. The standard InChI is InChI=1S/C16H20F3N3O4/c1-3-24-13-9(14-25-6-7-26-14)11(20-8(2)21-13)10(17)12(23)22-16(4-5-16)15(18)19/h10,14-15H,3-7H2,1-2H3,(H,22,23). The molecule has 1 saturated heterocycles. The van der Waals surface area contributed by atoms with Crippen LogP contribution in [0.2, 0.25) is 0 Å². The van der Waals surface area contributed by atoms with Gasteiger partial charge in [0.05, 0.1) is 25.4 Å². The van der Waals surface area contributed by atoms with E-state index in [9.17, 15) is 18.0 Å². The Hall–Kier alpha value is -1.94. The zero-order valence-corrected chi connectivity index (χ0v) is 14.4. The van der Waals surface area contributed by atoms with E-state index in [0.717, 1.165) is 0 Å². The first kappa shape index (κ1) is 18.8. The van der Waals surface area contributed by atoms with E-state index in [1.807, 2.05) is 0 Å². The highest BCUT2D eigenvalue weighted by molar-refractivity contribution is 5.83. The summed E-state index contributed by atoms with van der Waals surface area (Å²) in [7, 11) is 0. The molecule has 1 atom stereocenters. The number of rotatable bonds is 7. The largest absolute Gasteiger partial charge is 0.478 e. The zero-order chi connectivity index (χ0) is 18.9. The molecule has 1 aliphatic heterocycles. The van der Waals surface area contributed by atoms with Crippen LogP contribution in [0.1, 0.15) is 49.3 Å². The fourth-order valence-corrected chi connectivity index (χ4v) is 2.73. The van der Waals surface area contributed by atoms with E-state index in [1.165, 1.54) is 6.92 Å². The molecule has 0 bridgehead atoms. The fraction of sp³-hybridized carbons (Fsp3) is 0.688. The Bertz CT molecular complexity index is 679. The van der Waals surface area contributed by atoms with Crippen LogP contribution in [0.3, 0.4) is 0 Å². The summed E-state index contributed by atoms with van der Waals surface area (Å²) in [5, 5.41) is 2.11. The van der Waals surface area contributed by atoms with Gasteiger partial charge in [-0.3, -0.25) is 4.79 Å². The molecule has 0 aromatic carbocycles. The third-order valence-electron chi connectivity index (χ3n) is 4.24. The molecule has 0 spiro atoms. The molecule has 26 heavy (non-hydrogen) atoms. The van der Waals surface area contributed by atoms with Crippen molar-refractivity contribution in [1.82, 2.24) is 15.3 Å². The van der Waals surface area contributed by atoms with E-state index < -0.39 is 30.3 Å². The lowest BCUT2D eigenvalue weighted by Gasteiger charge is -2.21. The number of aromatic nitrogens is 2. The minimum Gasteiger partial charge on any atom is -0.478 e. The minimum atomic E-state index is -2.76. The Morgan fingerprint density at radius 2 is 1.96 bits per heavy atom. The molecule has 1 aromatic heterocycles. The summed E-state index contributed by atoms with van der Waals surface area (Å²) in [5.41, 5.74) is -1.87. The van der Waals surface area contributed by atoms with Gasteiger partial charge >= 0.3 is 0 Å². The van der Waals surface area contributed by atoms with Crippen LogP contribution in [0.15, 0.2) is 0 Å². The summed E-state index contributed by atoms with van der Waals surface area (Å²) in [6.07, 6.45) is -5.81. The predicted octanol–water partition coefficient (Wildman–Crippen LogP) is 2.15. The second-order valence-corrected chi connectivity index (χ2v) is 6.19. The number of alkyl halides is 3. The van der Waals surface area contributed by atoms with Crippen molar-refractivity contribution in [2.75, 3.05) is 19.8 Å². The summed E-state index contributed by atoms with van der Waals surface area (Å²) in [4.78, 5) is 20.4. The first-order valence-electron chi connectivity index (χ1n) is 8.36. The molecule has 144 valence electrons. The van der Waals surface area contributed by atoms with Crippen molar-refractivity contribution in [3.05, 3.63) is 17.1 Å². The van der Waals surface area contributed by atoms with Gasteiger partial charge in [-0.25, -0.2) is 18.2 Å². The lowest BCUT2D eigenvalue weighted by atomic mass is 10.1. The van der Waals surface area contributed by atoms with Crippen LogP contribution in [0, 0.1) is 6.92 Å². The van der Waals surface area contributed by atoms with Crippen LogP contribution in [0.25, 0.3) is 0 Å². The maximum absolute atomic E-state index is 15.0. The third-order valence-corrected chi connectivity index (χ3v) is 4.24. The van der Waals surface area contributed by atoms with Gasteiger partial charge in [0.15, 0.2) is 6.29 Å². The minimum absolute atomic E-state index is 0.0485. The van der Waals surface area contributed by atoms with Crippen molar-refractivity contribution in [3.63, 3.8) is 0 Å². The normalized spacial score (nSPS) is 20.2. The Morgan fingerprint density at radius 1 is 1.31 bits per heavy atom. The molecular formula is C16H20F3N3O4. The molecule has 0 radical (unpaired) electrons. The second-order valence-electron chi connectivity index (χ2n) is 6.19. The number of hydrogen-bond donors (Lipinski definition) is 1. The van der Waals surface area contributed by atoms with Crippen LogP contribution >= 0.6 is 0 Å². The number of ether oxygens (including phenoxy) is 3. The zero-order valence-electron chi connectivity index (χ0n) is 14.4. The molecule has 1 saturated carbocycles. The van der Waals surface area contributed by atoms with Crippen LogP contribution in [-0.2, 0) is 14.3 Å². The van der Waals surface area contributed by atoms with Crippen LogP contribution in [0.4, 0.5) is 13.2 Å². The Balaban J connectivity index is 1.93. The van der Waals surface area contributed by atoms with Gasteiger partial charge in [-0.05, 0) is 26.7 Å². The summed E-state index contributed by atoms with van der Waals surface area (Å²) in [6, 6.07) is 0. The molecule has 1 N–H and O–H groups in total. The van der Waals surface area contributed by atoms with E-state index in [0.29, 0.717) is 0 Å². The maximum atomic E-state index is 15.0. The lowest BCUT2D eigenvalue weighted by molar-refractivity contribution is -0.129. The highest BCUT2D eigenvalue weighted by atomic mass is 19.3. The third kappa shape index (κ3) is 3.61. The molecule has 2 fully saturated rings. The van der Waals surface area contributed by atoms with Gasteiger partial charge in [-0.2, -0.15) is 4.98 Å².